The van der Waals surface area contributed by atoms with E-state index in [9.17, 15) is 13.2 Å². The van der Waals surface area contributed by atoms with Crippen LogP contribution in [0.5, 0.6) is 0 Å². The van der Waals surface area contributed by atoms with E-state index in [-0.39, 0.29) is 24.1 Å². The lowest BCUT2D eigenvalue weighted by molar-refractivity contribution is -0.142. The summed E-state index contributed by atoms with van der Waals surface area (Å²) in [7, 11) is 1.39. The highest BCUT2D eigenvalue weighted by atomic mass is 35.5. The fourth-order valence-corrected chi connectivity index (χ4v) is 6.70. The lowest BCUT2D eigenvalue weighted by atomic mass is 10.0. The number of benzene rings is 1. The molecule has 0 spiro atoms. The van der Waals surface area contributed by atoms with Gasteiger partial charge in [-0.2, -0.15) is 18.3 Å². The fraction of sp³-hybridized carbons (Fsp3) is 0.489. The Balaban J connectivity index is 0.000000199. The molecule has 0 unspecified atom stereocenters. The molecule has 7 rings (SSSR count). The van der Waals surface area contributed by atoms with Gasteiger partial charge in [0.15, 0.2) is 5.69 Å². The van der Waals surface area contributed by atoms with Crippen LogP contribution in [-0.4, -0.2) is 50.5 Å². The Morgan fingerprint density at radius 2 is 1.14 bits per heavy atom. The molecule has 2 aliphatic heterocycles. The summed E-state index contributed by atoms with van der Waals surface area (Å²) >= 11 is 5.72. The van der Waals surface area contributed by atoms with Crippen LogP contribution in [0.4, 0.5) is 24.8 Å². The van der Waals surface area contributed by atoms with Crippen LogP contribution in [0, 0.1) is 0 Å². The minimum Gasteiger partial charge on any atom is -0.357 e. The van der Waals surface area contributed by atoms with Crippen molar-refractivity contribution in [1.29, 1.82) is 0 Å². The lowest BCUT2D eigenvalue weighted by Crippen LogP contribution is -2.37. The Bertz CT molecular complexity index is 1890. The molecule has 0 atom stereocenters. The monoisotopic (exact) mass is 793 g/mol. The van der Waals surface area contributed by atoms with E-state index in [2.05, 4.69) is 138 Å². The number of pyridine rings is 2. The zero-order chi connectivity index (χ0) is 40.3. The van der Waals surface area contributed by atoms with Crippen molar-refractivity contribution >= 4 is 23.2 Å². The molecule has 6 heterocycles. The van der Waals surface area contributed by atoms with Crippen molar-refractivity contribution in [3.63, 3.8) is 0 Å². The Kier molecular flexibility index (Phi) is 17.5. The van der Waals surface area contributed by atoms with Crippen LogP contribution in [0.25, 0.3) is 5.69 Å². The van der Waals surface area contributed by atoms with Gasteiger partial charge in [0.1, 0.15) is 16.8 Å². The normalized spacial score (nSPS) is 13.7. The molecule has 2 fully saturated rings. The summed E-state index contributed by atoms with van der Waals surface area (Å²) in [4.78, 5) is 13.5. The molecule has 0 amide bonds. The molecule has 0 saturated carbocycles. The Labute approximate surface area is 338 Å². The summed E-state index contributed by atoms with van der Waals surface area (Å²) in [6.07, 6.45) is 5.47. The quantitative estimate of drug-likeness (QED) is 0.164. The maximum atomic E-state index is 12.5. The van der Waals surface area contributed by atoms with Gasteiger partial charge in [-0.1, -0.05) is 92.6 Å². The SMILES string of the molecule is C.CC(C)c1c(C(F)(F)F)nn(C)c1Cl.CC(C)c1cccn1-c1ccccc1.CC(C)c1ccnc(N2CCC2)c1.CC(C)c1ccnc(N2CCCC2)c1. The predicted octanol–water partition coefficient (Wildman–Crippen LogP) is 12.7. The summed E-state index contributed by atoms with van der Waals surface area (Å²) in [6.45, 7) is 21.3. The number of anilines is 2. The topological polar surface area (TPSA) is 55.0 Å². The first-order valence-corrected chi connectivity index (χ1v) is 19.9. The molecule has 1 aromatic carbocycles. The number of para-hydroxylation sites is 1. The zero-order valence-electron chi connectivity index (χ0n) is 34.0. The molecule has 2 saturated heterocycles. The van der Waals surface area contributed by atoms with Gasteiger partial charge in [-0.25, -0.2) is 9.97 Å². The second-order valence-corrected chi connectivity index (χ2v) is 15.7. The van der Waals surface area contributed by atoms with Gasteiger partial charge < -0.3 is 14.4 Å². The van der Waals surface area contributed by atoms with Crippen molar-refractivity contribution in [2.75, 3.05) is 36.0 Å². The van der Waals surface area contributed by atoms with Gasteiger partial charge in [-0.05, 0) is 103 Å². The standard InChI is InChI=1S/C13H15N.C12H18N2.C11H16N2.C8H10ClF3N2.CH4/c1-11(2)13-9-6-10-14(13)12-7-4-3-5-8-12;1-10(2)11-5-6-13-12(9-11)14-7-3-4-8-14;1-9(2)10-4-5-12-11(8-10)13-6-3-7-13;1-4(2)5-6(8(10,11)12)13-14(3)7(5)9;/h3-11H,1-2H3;5-6,9-10H,3-4,7-8H2,1-2H3;4-5,8-9H,3,6-7H2,1-2H3;4H,1-3H3;1H4. The zero-order valence-corrected chi connectivity index (χ0v) is 34.7. The number of hydrogen-bond acceptors (Lipinski definition) is 5. The third-order valence-electron chi connectivity index (χ3n) is 9.75. The van der Waals surface area contributed by atoms with E-state index in [4.69, 9.17) is 11.6 Å². The van der Waals surface area contributed by atoms with Crippen LogP contribution in [-0.2, 0) is 13.2 Å². The van der Waals surface area contributed by atoms with E-state index in [0.29, 0.717) is 17.8 Å². The average molecular weight is 794 g/mol. The summed E-state index contributed by atoms with van der Waals surface area (Å²) in [6, 6.07) is 23.4. The first-order chi connectivity index (χ1) is 26.1. The van der Waals surface area contributed by atoms with E-state index in [0.717, 1.165) is 16.3 Å². The molecular formula is C45H63ClF3N7. The summed E-state index contributed by atoms with van der Waals surface area (Å²) in [5.74, 6) is 3.77. The van der Waals surface area contributed by atoms with Gasteiger partial charge in [-0.3, -0.25) is 4.68 Å². The van der Waals surface area contributed by atoms with Gasteiger partial charge in [-0.15, -0.1) is 0 Å². The number of nitrogens with zero attached hydrogens (tertiary/aromatic N) is 7. The smallest absolute Gasteiger partial charge is 0.357 e. The molecule has 7 nitrogen and oxygen atoms in total. The van der Waals surface area contributed by atoms with E-state index in [1.165, 1.54) is 75.0 Å². The molecule has 4 aromatic heterocycles. The molecule has 0 N–H and O–H groups in total. The summed E-state index contributed by atoms with van der Waals surface area (Å²) in [5, 5.41) is 3.41. The first-order valence-electron chi connectivity index (χ1n) is 19.5. The molecular weight excluding hydrogens is 731 g/mol. The summed E-state index contributed by atoms with van der Waals surface area (Å²) < 4.78 is 40.7. The van der Waals surface area contributed by atoms with Crippen molar-refractivity contribution < 1.29 is 13.2 Å². The van der Waals surface area contributed by atoms with Crippen molar-refractivity contribution in [1.82, 2.24) is 24.3 Å². The highest BCUT2D eigenvalue weighted by molar-refractivity contribution is 6.30. The Morgan fingerprint density at radius 3 is 1.54 bits per heavy atom. The highest BCUT2D eigenvalue weighted by Crippen LogP contribution is 2.37. The predicted molar refractivity (Wildman–Crippen MR) is 229 cm³/mol. The van der Waals surface area contributed by atoms with Crippen LogP contribution in [0.3, 0.4) is 0 Å². The highest BCUT2D eigenvalue weighted by Gasteiger charge is 2.39. The Hall–Kier alpha value is -4.31. The van der Waals surface area contributed by atoms with Crippen molar-refractivity contribution in [2.45, 2.75) is 112 Å². The second kappa shape index (κ2) is 21.3. The number of halogens is 4. The van der Waals surface area contributed by atoms with Crippen LogP contribution in [0.1, 0.15) is 134 Å². The largest absolute Gasteiger partial charge is 0.435 e. The third-order valence-corrected chi connectivity index (χ3v) is 10.2. The minimum atomic E-state index is -4.44. The maximum absolute atomic E-state index is 12.5. The van der Waals surface area contributed by atoms with Crippen molar-refractivity contribution in [3.05, 3.63) is 119 Å². The third kappa shape index (κ3) is 12.6. The lowest BCUT2D eigenvalue weighted by Gasteiger charge is -2.32. The number of aryl methyl sites for hydroxylation is 1. The van der Waals surface area contributed by atoms with E-state index in [1.807, 2.05) is 18.5 Å². The van der Waals surface area contributed by atoms with Crippen molar-refractivity contribution in [3.8, 4) is 5.69 Å². The average Bonchev–Trinajstić information content (AvgIpc) is 3.91. The van der Waals surface area contributed by atoms with Crippen LogP contribution in [0.15, 0.2) is 85.3 Å². The van der Waals surface area contributed by atoms with Crippen LogP contribution in [0.2, 0.25) is 5.15 Å². The summed E-state index contributed by atoms with van der Waals surface area (Å²) in [5.41, 5.74) is 4.54. The molecule has 0 radical (unpaired) electrons. The molecule has 2 aliphatic rings. The first kappa shape index (κ1) is 46.1. The van der Waals surface area contributed by atoms with Crippen molar-refractivity contribution in [2.24, 2.45) is 7.05 Å². The van der Waals surface area contributed by atoms with Crippen LogP contribution >= 0.6 is 11.6 Å². The molecule has 11 heteroatoms. The van der Waals surface area contributed by atoms with E-state index in [1.54, 1.807) is 13.8 Å². The number of hydrogen-bond donors (Lipinski definition) is 0. The molecule has 56 heavy (non-hydrogen) atoms. The molecule has 0 bridgehead atoms. The van der Waals surface area contributed by atoms with E-state index >= 15 is 0 Å². The molecule has 306 valence electrons. The number of alkyl halides is 3. The van der Waals surface area contributed by atoms with E-state index < -0.39 is 11.9 Å². The second-order valence-electron chi connectivity index (χ2n) is 15.4. The number of rotatable bonds is 7. The van der Waals surface area contributed by atoms with Gasteiger partial charge in [0.2, 0.25) is 0 Å². The van der Waals surface area contributed by atoms with Gasteiger partial charge in [0.05, 0.1) is 0 Å². The van der Waals surface area contributed by atoms with Crippen LogP contribution < -0.4 is 9.80 Å². The molecule has 5 aromatic rings. The van der Waals surface area contributed by atoms with Gasteiger partial charge >= 0.3 is 6.18 Å². The number of aromatic nitrogens is 5. The van der Waals surface area contributed by atoms with Gasteiger partial charge in [0.25, 0.3) is 0 Å². The fourth-order valence-electron chi connectivity index (χ4n) is 6.35. The Morgan fingerprint density at radius 1 is 0.643 bits per heavy atom. The minimum absolute atomic E-state index is 0. The molecule has 0 aliphatic carbocycles. The maximum Gasteiger partial charge on any atom is 0.435 e. The van der Waals surface area contributed by atoms with Gasteiger partial charge in [0, 0.05) is 68.8 Å².